The van der Waals surface area contributed by atoms with E-state index in [1.165, 1.54) is 0 Å². The summed E-state index contributed by atoms with van der Waals surface area (Å²) in [5, 5.41) is 7.34. The molecule has 1 N–H and O–H groups in total. The van der Waals surface area contributed by atoms with Crippen LogP contribution < -0.4 is 0 Å². The van der Waals surface area contributed by atoms with Gasteiger partial charge in [-0.2, -0.15) is 4.99 Å². The molecule has 11 heavy (non-hydrogen) atoms. The molecule has 0 aromatic rings. The number of hydrogen-bond donors (Lipinski definition) is 1. The highest BCUT2D eigenvalue weighted by molar-refractivity contribution is 5.91. The van der Waals surface area contributed by atoms with Gasteiger partial charge in [0.1, 0.15) is 0 Å². The molecule has 0 aliphatic rings. The van der Waals surface area contributed by atoms with E-state index in [9.17, 15) is 0 Å². The second kappa shape index (κ2) is 4.71. The van der Waals surface area contributed by atoms with Gasteiger partial charge in [0.25, 0.3) is 0 Å². The largest absolute Gasteiger partial charge is 0.484 e. The molecule has 0 saturated carbocycles. The van der Waals surface area contributed by atoms with Gasteiger partial charge >= 0.3 is 0 Å². The maximum Gasteiger partial charge on any atom is 0.220 e. The Bertz CT molecular complexity index is 157. The first-order chi connectivity index (χ1) is 5.11. The third-order valence-electron chi connectivity index (χ3n) is 1.19. The summed E-state index contributed by atoms with van der Waals surface area (Å²) >= 11 is 0. The number of nitrogens with zero attached hydrogens (tertiary/aromatic N) is 2. The summed E-state index contributed by atoms with van der Waals surface area (Å²) in [4.78, 5) is 5.54. The van der Waals surface area contributed by atoms with E-state index in [2.05, 4.69) is 4.99 Å². The minimum atomic E-state index is 0.212. The van der Waals surface area contributed by atoms with Crippen LogP contribution in [-0.2, 0) is 4.74 Å². The standard InChI is InChI=1S/C7H15N3O/c1-5-6(11-4)9-7(8)10(2)3/h8H,5H2,1-4H3. The van der Waals surface area contributed by atoms with Crippen molar-refractivity contribution in [2.75, 3.05) is 21.2 Å². The minimum absolute atomic E-state index is 0.212. The first kappa shape index (κ1) is 9.94. The van der Waals surface area contributed by atoms with E-state index in [1.54, 1.807) is 26.1 Å². The fourth-order valence-electron chi connectivity index (χ4n) is 0.487. The molecule has 0 heterocycles. The van der Waals surface area contributed by atoms with Crippen molar-refractivity contribution in [2.24, 2.45) is 4.99 Å². The van der Waals surface area contributed by atoms with Crippen LogP contribution in [0.25, 0.3) is 0 Å². The second-order valence-electron chi connectivity index (χ2n) is 2.28. The molecule has 0 aliphatic carbocycles. The van der Waals surface area contributed by atoms with Crippen LogP contribution in [0.4, 0.5) is 0 Å². The Balaban J connectivity index is 4.15. The Morgan fingerprint density at radius 2 is 2.09 bits per heavy atom. The molecule has 64 valence electrons. The number of aliphatic imine (C=N–C) groups is 1. The zero-order valence-corrected chi connectivity index (χ0v) is 7.51. The van der Waals surface area contributed by atoms with Crippen molar-refractivity contribution in [2.45, 2.75) is 13.3 Å². The van der Waals surface area contributed by atoms with Gasteiger partial charge in [-0.1, -0.05) is 6.92 Å². The maximum absolute atomic E-state index is 7.34. The SMILES string of the molecule is CCC(=NC(=N)N(C)C)OC. The van der Waals surface area contributed by atoms with Crippen molar-refractivity contribution in [1.29, 1.82) is 5.41 Å². The molecule has 0 bridgehead atoms. The molecule has 4 nitrogen and oxygen atoms in total. The summed E-state index contributed by atoms with van der Waals surface area (Å²) in [5.41, 5.74) is 0. The zero-order valence-electron chi connectivity index (χ0n) is 7.51. The van der Waals surface area contributed by atoms with E-state index >= 15 is 0 Å². The van der Waals surface area contributed by atoms with Crippen LogP contribution in [0.15, 0.2) is 4.99 Å². The quantitative estimate of drug-likeness (QED) is 0.455. The fraction of sp³-hybridized carbons (Fsp3) is 0.714. The molecule has 0 aromatic heterocycles. The van der Waals surface area contributed by atoms with Crippen molar-refractivity contribution in [3.63, 3.8) is 0 Å². The van der Waals surface area contributed by atoms with Gasteiger partial charge in [-0.15, -0.1) is 0 Å². The molecule has 0 amide bonds. The number of guanidine groups is 1. The predicted molar refractivity (Wildman–Crippen MR) is 46.1 cm³/mol. The number of nitrogens with one attached hydrogen (secondary N) is 1. The van der Waals surface area contributed by atoms with Gasteiger partial charge in [0.05, 0.1) is 7.11 Å². The van der Waals surface area contributed by atoms with Crippen LogP contribution in [0.2, 0.25) is 0 Å². The Kier molecular flexibility index (Phi) is 4.26. The molecule has 0 rings (SSSR count). The fourth-order valence-corrected chi connectivity index (χ4v) is 0.487. The highest BCUT2D eigenvalue weighted by Gasteiger charge is 1.98. The maximum atomic E-state index is 7.34. The molecular formula is C7H15N3O. The molecule has 0 aromatic carbocycles. The van der Waals surface area contributed by atoms with Gasteiger partial charge in [-0.3, -0.25) is 5.41 Å². The minimum Gasteiger partial charge on any atom is -0.484 e. The number of methoxy groups -OCH3 is 1. The molecule has 0 radical (unpaired) electrons. The first-order valence-corrected chi connectivity index (χ1v) is 3.49. The Hall–Kier alpha value is -1.06. The van der Waals surface area contributed by atoms with Crippen molar-refractivity contribution >= 4 is 11.9 Å². The van der Waals surface area contributed by atoms with Gasteiger partial charge in [-0.05, 0) is 0 Å². The lowest BCUT2D eigenvalue weighted by Gasteiger charge is -2.09. The van der Waals surface area contributed by atoms with Crippen LogP contribution in [0, 0.1) is 5.41 Å². The summed E-state index contributed by atoms with van der Waals surface area (Å²) in [7, 11) is 5.11. The zero-order chi connectivity index (χ0) is 8.85. The Labute approximate surface area is 67.4 Å². The Morgan fingerprint density at radius 1 is 1.55 bits per heavy atom. The smallest absolute Gasteiger partial charge is 0.220 e. The molecule has 0 atom stereocenters. The van der Waals surface area contributed by atoms with E-state index in [-0.39, 0.29) is 5.96 Å². The van der Waals surface area contributed by atoms with Crippen LogP contribution in [0.3, 0.4) is 0 Å². The average Bonchev–Trinajstić information content (AvgIpc) is 1.99. The lowest BCUT2D eigenvalue weighted by atomic mass is 10.5. The highest BCUT2D eigenvalue weighted by atomic mass is 16.5. The van der Waals surface area contributed by atoms with Crippen LogP contribution in [0.1, 0.15) is 13.3 Å². The molecule has 0 aliphatic heterocycles. The lowest BCUT2D eigenvalue weighted by molar-refractivity contribution is 0.392. The number of ether oxygens (including phenoxy) is 1. The van der Waals surface area contributed by atoms with E-state index in [4.69, 9.17) is 10.1 Å². The Morgan fingerprint density at radius 3 is 2.36 bits per heavy atom. The van der Waals surface area contributed by atoms with Crippen LogP contribution >= 0.6 is 0 Å². The molecule has 0 unspecified atom stereocenters. The van der Waals surface area contributed by atoms with Gasteiger partial charge in [0, 0.05) is 20.5 Å². The van der Waals surface area contributed by atoms with Crippen molar-refractivity contribution < 1.29 is 4.74 Å². The summed E-state index contributed by atoms with van der Waals surface area (Å²) in [6.45, 7) is 1.94. The summed E-state index contributed by atoms with van der Waals surface area (Å²) in [6.07, 6.45) is 0.715. The summed E-state index contributed by atoms with van der Waals surface area (Å²) in [5.74, 6) is 0.799. The van der Waals surface area contributed by atoms with E-state index < -0.39 is 0 Å². The third kappa shape index (κ3) is 3.60. The molecular weight excluding hydrogens is 142 g/mol. The topological polar surface area (TPSA) is 48.7 Å². The van der Waals surface area contributed by atoms with Crippen molar-refractivity contribution in [1.82, 2.24) is 4.90 Å². The van der Waals surface area contributed by atoms with Gasteiger partial charge in [0.2, 0.25) is 5.96 Å². The van der Waals surface area contributed by atoms with Gasteiger partial charge < -0.3 is 9.64 Å². The average molecular weight is 157 g/mol. The number of hydrogen-bond acceptors (Lipinski definition) is 2. The highest BCUT2D eigenvalue weighted by Crippen LogP contribution is 1.89. The molecule has 0 spiro atoms. The monoisotopic (exact) mass is 157 g/mol. The van der Waals surface area contributed by atoms with Gasteiger partial charge in [0.15, 0.2) is 5.90 Å². The van der Waals surface area contributed by atoms with Crippen molar-refractivity contribution in [3.05, 3.63) is 0 Å². The second-order valence-corrected chi connectivity index (χ2v) is 2.28. The third-order valence-corrected chi connectivity index (χ3v) is 1.19. The molecule has 0 fully saturated rings. The first-order valence-electron chi connectivity index (χ1n) is 3.49. The van der Waals surface area contributed by atoms with E-state index in [0.717, 1.165) is 0 Å². The summed E-state index contributed by atoms with van der Waals surface area (Å²) < 4.78 is 4.90. The van der Waals surface area contributed by atoms with Crippen LogP contribution in [0.5, 0.6) is 0 Å². The predicted octanol–water partition coefficient (Wildman–Crippen LogP) is 0.938. The lowest BCUT2D eigenvalue weighted by Crippen LogP contribution is -2.20. The molecule has 0 saturated heterocycles. The molecule has 4 heteroatoms. The number of rotatable bonds is 1. The van der Waals surface area contributed by atoms with E-state index in [0.29, 0.717) is 12.3 Å². The normalized spacial score (nSPS) is 11.1. The van der Waals surface area contributed by atoms with E-state index in [1.807, 2.05) is 6.92 Å². The van der Waals surface area contributed by atoms with Crippen molar-refractivity contribution in [3.8, 4) is 0 Å². The van der Waals surface area contributed by atoms with Crippen LogP contribution in [-0.4, -0.2) is 38.0 Å². The summed E-state index contributed by atoms with van der Waals surface area (Å²) in [6, 6.07) is 0. The van der Waals surface area contributed by atoms with Gasteiger partial charge in [-0.25, -0.2) is 0 Å².